The Balaban J connectivity index is 1.75. The number of nitrogens with zero attached hydrogens (tertiary/aromatic N) is 2. The first-order valence-corrected chi connectivity index (χ1v) is 8.54. The van der Waals surface area contributed by atoms with Crippen LogP contribution in [0.3, 0.4) is 0 Å². The molecule has 0 saturated carbocycles. The van der Waals surface area contributed by atoms with Gasteiger partial charge in [0.15, 0.2) is 5.16 Å². The van der Waals surface area contributed by atoms with Crippen molar-refractivity contribution in [3.8, 4) is 5.75 Å². The van der Waals surface area contributed by atoms with Gasteiger partial charge >= 0.3 is 0 Å². The molecule has 1 atom stereocenters. The lowest BCUT2D eigenvalue weighted by atomic mass is 10.1. The van der Waals surface area contributed by atoms with Crippen LogP contribution in [0.5, 0.6) is 5.75 Å². The Morgan fingerprint density at radius 3 is 2.87 bits per heavy atom. The number of benzene rings is 2. The van der Waals surface area contributed by atoms with Crippen molar-refractivity contribution in [1.82, 2.24) is 9.55 Å². The van der Waals surface area contributed by atoms with Crippen molar-refractivity contribution < 1.29 is 9.53 Å². The van der Waals surface area contributed by atoms with Crippen LogP contribution in [0, 0.1) is 0 Å². The predicted octanol–water partition coefficient (Wildman–Crippen LogP) is 4.31. The zero-order chi connectivity index (χ0) is 15.8. The molecule has 0 spiro atoms. The lowest BCUT2D eigenvalue weighted by Gasteiger charge is -2.22. The van der Waals surface area contributed by atoms with Crippen LogP contribution in [0.25, 0.3) is 11.0 Å². The molecular weight excluding hydrogens is 308 g/mol. The van der Waals surface area contributed by atoms with Crippen LogP contribution in [-0.4, -0.2) is 22.1 Å². The number of hydrogen-bond acceptors (Lipinski definition) is 4. The van der Waals surface area contributed by atoms with Crippen molar-refractivity contribution in [3.63, 3.8) is 0 Å². The average molecular weight is 324 g/mol. The zero-order valence-electron chi connectivity index (χ0n) is 12.7. The molecule has 0 fully saturated rings. The van der Waals surface area contributed by atoms with Gasteiger partial charge in [-0.1, -0.05) is 42.1 Å². The molecule has 0 aliphatic carbocycles. The van der Waals surface area contributed by atoms with E-state index in [2.05, 4.69) is 17.1 Å². The molecule has 1 aromatic heterocycles. The highest BCUT2D eigenvalue weighted by atomic mass is 32.2. The van der Waals surface area contributed by atoms with E-state index in [1.807, 2.05) is 43.3 Å². The number of imidazole rings is 1. The quantitative estimate of drug-likeness (QED) is 0.720. The van der Waals surface area contributed by atoms with E-state index in [-0.39, 0.29) is 11.2 Å². The Hall–Kier alpha value is -2.27. The molecule has 2 aromatic carbocycles. The Bertz CT molecular complexity index is 873. The summed E-state index contributed by atoms with van der Waals surface area (Å²) in [5.41, 5.74) is 2.83. The van der Waals surface area contributed by atoms with Crippen LogP contribution in [0.2, 0.25) is 0 Å². The summed E-state index contributed by atoms with van der Waals surface area (Å²) in [7, 11) is 0. The van der Waals surface area contributed by atoms with Gasteiger partial charge in [-0.05, 0) is 24.6 Å². The van der Waals surface area contributed by atoms with Crippen LogP contribution in [0.4, 0.5) is 0 Å². The molecule has 3 aromatic rings. The van der Waals surface area contributed by atoms with Crippen LogP contribution in [0.1, 0.15) is 29.0 Å². The second-order valence-electron chi connectivity index (χ2n) is 5.43. The molecule has 0 saturated heterocycles. The zero-order valence-corrected chi connectivity index (χ0v) is 13.5. The van der Waals surface area contributed by atoms with Gasteiger partial charge in [0.2, 0.25) is 5.91 Å². The molecule has 0 amide bonds. The van der Waals surface area contributed by atoms with Crippen LogP contribution in [0.15, 0.2) is 53.7 Å². The third kappa shape index (κ3) is 2.51. The summed E-state index contributed by atoms with van der Waals surface area (Å²) in [4.78, 5) is 17.3. The molecule has 0 unspecified atom stereocenters. The van der Waals surface area contributed by atoms with E-state index in [4.69, 9.17) is 4.74 Å². The lowest BCUT2D eigenvalue weighted by molar-refractivity contribution is 0.0891. The van der Waals surface area contributed by atoms with E-state index in [1.54, 1.807) is 16.3 Å². The molecule has 4 rings (SSSR count). The normalized spacial score (nSPS) is 17.3. The summed E-state index contributed by atoms with van der Waals surface area (Å²) in [6.45, 7) is 2.56. The third-order valence-electron chi connectivity index (χ3n) is 3.93. The maximum Gasteiger partial charge on any atom is 0.234 e. The summed E-state index contributed by atoms with van der Waals surface area (Å²) in [5, 5.41) is 0.887. The number of thioether (sulfide) groups is 1. The first-order valence-electron chi connectivity index (χ1n) is 7.66. The number of ether oxygens (including phenoxy) is 1. The van der Waals surface area contributed by atoms with Gasteiger partial charge in [0.25, 0.3) is 0 Å². The third-order valence-corrected chi connectivity index (χ3v) is 5.14. The lowest BCUT2D eigenvalue weighted by Crippen LogP contribution is -2.19. The number of carbonyl (C=O) groups is 1. The molecule has 5 heteroatoms. The molecule has 0 N–H and O–H groups in total. The maximum atomic E-state index is 12.6. The predicted molar refractivity (Wildman–Crippen MR) is 91.2 cm³/mol. The Morgan fingerprint density at radius 1 is 1.26 bits per heavy atom. The van der Waals surface area contributed by atoms with E-state index in [9.17, 15) is 4.79 Å². The van der Waals surface area contributed by atoms with Gasteiger partial charge in [-0.2, -0.15) is 0 Å². The minimum Gasteiger partial charge on any atom is -0.494 e. The summed E-state index contributed by atoms with van der Waals surface area (Å²) in [6.07, 6.45) is 0.486. The molecule has 0 radical (unpaired) electrons. The van der Waals surface area contributed by atoms with E-state index >= 15 is 0 Å². The van der Waals surface area contributed by atoms with Gasteiger partial charge < -0.3 is 4.74 Å². The molecule has 0 bridgehead atoms. The molecule has 1 aliphatic rings. The van der Waals surface area contributed by atoms with Gasteiger partial charge in [0, 0.05) is 17.7 Å². The molecule has 2 heterocycles. The minimum atomic E-state index is 0.0965. The maximum absolute atomic E-state index is 12.6. The monoisotopic (exact) mass is 324 g/mol. The fraction of sp³-hybridized carbons (Fsp3) is 0.222. The second kappa shape index (κ2) is 5.74. The second-order valence-corrected chi connectivity index (χ2v) is 6.60. The SMILES string of the molecule is CCOc1ccc2c(c1)nc1n2C(=O)C[C@@H](c2ccccc2)S1. The Morgan fingerprint density at radius 2 is 2.09 bits per heavy atom. The van der Waals surface area contributed by atoms with E-state index in [0.29, 0.717) is 13.0 Å². The van der Waals surface area contributed by atoms with E-state index in [0.717, 1.165) is 21.9 Å². The fourth-order valence-electron chi connectivity index (χ4n) is 2.89. The molecule has 4 nitrogen and oxygen atoms in total. The Labute approximate surface area is 138 Å². The van der Waals surface area contributed by atoms with E-state index in [1.165, 1.54) is 5.56 Å². The van der Waals surface area contributed by atoms with Crippen molar-refractivity contribution in [2.45, 2.75) is 23.8 Å². The molecular formula is C18H16N2O2S. The van der Waals surface area contributed by atoms with Gasteiger partial charge in [0.05, 0.1) is 17.6 Å². The van der Waals surface area contributed by atoms with Crippen molar-refractivity contribution >= 4 is 28.7 Å². The van der Waals surface area contributed by atoms with Crippen molar-refractivity contribution in [3.05, 3.63) is 54.1 Å². The number of carbonyl (C=O) groups excluding carboxylic acids is 1. The highest BCUT2D eigenvalue weighted by Crippen LogP contribution is 2.43. The van der Waals surface area contributed by atoms with Crippen LogP contribution < -0.4 is 4.74 Å². The number of rotatable bonds is 3. The van der Waals surface area contributed by atoms with Crippen molar-refractivity contribution in [2.24, 2.45) is 0 Å². The topological polar surface area (TPSA) is 44.1 Å². The largest absolute Gasteiger partial charge is 0.494 e. The molecule has 116 valence electrons. The first-order chi connectivity index (χ1) is 11.3. The Kier molecular flexibility index (Phi) is 3.58. The standard InChI is InChI=1S/C18H16N2O2S/c1-2-22-13-8-9-15-14(10-13)19-18-20(15)17(21)11-16(23-18)12-6-4-3-5-7-12/h3-10,16H,2,11H2,1H3/t16-/m0/s1. The van der Waals surface area contributed by atoms with Gasteiger partial charge in [-0.25, -0.2) is 4.98 Å². The highest BCUT2D eigenvalue weighted by molar-refractivity contribution is 7.99. The molecule has 23 heavy (non-hydrogen) atoms. The summed E-state index contributed by atoms with van der Waals surface area (Å²) in [6, 6.07) is 15.8. The van der Waals surface area contributed by atoms with Crippen molar-refractivity contribution in [1.29, 1.82) is 0 Å². The number of fused-ring (bicyclic) bond motifs is 3. The van der Waals surface area contributed by atoms with Crippen LogP contribution in [-0.2, 0) is 0 Å². The summed E-state index contributed by atoms with van der Waals surface area (Å²) >= 11 is 1.65. The summed E-state index contributed by atoms with van der Waals surface area (Å²) in [5.74, 6) is 0.881. The van der Waals surface area contributed by atoms with Crippen molar-refractivity contribution in [2.75, 3.05) is 6.61 Å². The minimum absolute atomic E-state index is 0.0965. The number of aromatic nitrogens is 2. The van der Waals surface area contributed by atoms with Gasteiger partial charge in [0.1, 0.15) is 5.75 Å². The van der Waals surface area contributed by atoms with Gasteiger partial charge in [-0.3, -0.25) is 9.36 Å². The smallest absolute Gasteiger partial charge is 0.234 e. The van der Waals surface area contributed by atoms with E-state index < -0.39 is 0 Å². The highest BCUT2D eigenvalue weighted by Gasteiger charge is 2.29. The fourth-order valence-corrected chi connectivity index (χ4v) is 4.12. The molecule has 1 aliphatic heterocycles. The van der Waals surface area contributed by atoms with Crippen LogP contribution >= 0.6 is 11.8 Å². The first kappa shape index (κ1) is 14.3. The summed E-state index contributed by atoms with van der Waals surface area (Å²) < 4.78 is 7.25. The average Bonchev–Trinajstić information content (AvgIpc) is 2.94. The van der Waals surface area contributed by atoms with Gasteiger partial charge in [-0.15, -0.1) is 0 Å². The number of hydrogen-bond donors (Lipinski definition) is 0.